The predicted molar refractivity (Wildman–Crippen MR) is 72.3 cm³/mol. The van der Waals surface area contributed by atoms with E-state index in [1.165, 1.54) is 31.8 Å². The van der Waals surface area contributed by atoms with Crippen LogP contribution in [0.4, 0.5) is 0 Å². The molecule has 2 heterocycles. The summed E-state index contributed by atoms with van der Waals surface area (Å²) >= 11 is 0. The third kappa shape index (κ3) is 2.26. The van der Waals surface area contributed by atoms with Crippen LogP contribution >= 0.6 is 0 Å². The number of imidazole rings is 1. The number of ketones is 1. The van der Waals surface area contributed by atoms with Gasteiger partial charge >= 0.3 is 11.7 Å². The van der Waals surface area contributed by atoms with Crippen LogP contribution in [0.2, 0.25) is 0 Å². The molecule has 1 atom stereocenters. The number of aromatic nitrogens is 4. The van der Waals surface area contributed by atoms with Gasteiger partial charge in [-0.25, -0.2) is 14.6 Å². The van der Waals surface area contributed by atoms with Gasteiger partial charge in [-0.1, -0.05) is 0 Å². The Morgan fingerprint density at radius 3 is 2.52 bits per heavy atom. The highest BCUT2D eigenvalue weighted by Crippen LogP contribution is 2.13. The lowest BCUT2D eigenvalue weighted by atomic mass is 10.3. The summed E-state index contributed by atoms with van der Waals surface area (Å²) in [6, 6.07) is -1.02. The van der Waals surface area contributed by atoms with Crippen molar-refractivity contribution in [1.29, 1.82) is 0 Å². The molecule has 0 aliphatic rings. The van der Waals surface area contributed by atoms with Crippen LogP contribution in [0.25, 0.3) is 11.2 Å². The highest BCUT2D eigenvalue weighted by atomic mass is 16.4. The molecule has 2 aromatic rings. The molecule has 0 bridgehead atoms. The number of aryl methyl sites for hydroxylation is 1. The van der Waals surface area contributed by atoms with E-state index in [1.807, 2.05) is 0 Å². The molecule has 0 aromatic carbocycles. The van der Waals surface area contributed by atoms with Gasteiger partial charge in [0.05, 0.1) is 12.9 Å². The molecule has 0 saturated carbocycles. The van der Waals surface area contributed by atoms with Gasteiger partial charge in [0.15, 0.2) is 11.2 Å². The summed E-state index contributed by atoms with van der Waals surface area (Å²) < 4.78 is 3.07. The Labute approximate surface area is 118 Å². The van der Waals surface area contributed by atoms with Crippen LogP contribution in [0.3, 0.4) is 0 Å². The summed E-state index contributed by atoms with van der Waals surface area (Å²) in [4.78, 5) is 50.7. The highest BCUT2D eigenvalue weighted by Gasteiger charge is 2.22. The van der Waals surface area contributed by atoms with Gasteiger partial charge in [-0.15, -0.1) is 0 Å². The summed E-state index contributed by atoms with van der Waals surface area (Å²) in [5.74, 6) is -1.49. The van der Waals surface area contributed by atoms with Gasteiger partial charge in [0.25, 0.3) is 5.56 Å². The SMILES string of the molecule is CC(=O)Cn1c(=O)c2c(ncn2C(C)C(=O)O)n(C)c1=O. The summed E-state index contributed by atoms with van der Waals surface area (Å²) in [5.41, 5.74) is -1.34. The number of carboxylic acids is 1. The number of hydrogen-bond donors (Lipinski definition) is 1. The Bertz CT molecular complexity index is 857. The molecule has 9 nitrogen and oxygen atoms in total. The van der Waals surface area contributed by atoms with Crippen molar-refractivity contribution >= 4 is 22.9 Å². The summed E-state index contributed by atoms with van der Waals surface area (Å²) in [6.45, 7) is 2.28. The van der Waals surface area contributed by atoms with Crippen molar-refractivity contribution in [3.05, 3.63) is 27.2 Å². The first kappa shape index (κ1) is 14.7. The number of hydrogen-bond acceptors (Lipinski definition) is 5. The molecule has 9 heteroatoms. The number of carboxylic acid groups (broad SMARTS) is 1. The van der Waals surface area contributed by atoms with E-state index in [0.29, 0.717) is 0 Å². The lowest BCUT2D eigenvalue weighted by molar-refractivity contribution is -0.140. The smallest absolute Gasteiger partial charge is 0.332 e. The Kier molecular flexibility index (Phi) is 3.50. The number of carbonyl (C=O) groups is 2. The van der Waals surface area contributed by atoms with Crippen LogP contribution in [0.15, 0.2) is 15.9 Å². The van der Waals surface area contributed by atoms with E-state index in [4.69, 9.17) is 5.11 Å². The predicted octanol–water partition coefficient (Wildman–Crippen LogP) is -0.869. The summed E-state index contributed by atoms with van der Waals surface area (Å²) in [7, 11) is 1.41. The first-order valence-corrected chi connectivity index (χ1v) is 6.14. The van der Waals surface area contributed by atoms with Crippen LogP contribution in [0.5, 0.6) is 0 Å². The second kappa shape index (κ2) is 5.00. The number of nitrogens with zero attached hydrogens (tertiary/aromatic N) is 4. The monoisotopic (exact) mass is 294 g/mol. The summed E-state index contributed by atoms with van der Waals surface area (Å²) in [5, 5.41) is 9.06. The molecule has 1 N–H and O–H groups in total. The maximum atomic E-state index is 12.4. The van der Waals surface area contributed by atoms with Crippen LogP contribution < -0.4 is 11.2 Å². The first-order chi connectivity index (χ1) is 9.75. The van der Waals surface area contributed by atoms with Crippen molar-refractivity contribution < 1.29 is 14.7 Å². The van der Waals surface area contributed by atoms with E-state index in [-0.39, 0.29) is 23.5 Å². The van der Waals surface area contributed by atoms with Crippen LogP contribution in [0, 0.1) is 0 Å². The van der Waals surface area contributed by atoms with Crippen molar-refractivity contribution in [2.75, 3.05) is 0 Å². The van der Waals surface area contributed by atoms with Crippen molar-refractivity contribution in [3.8, 4) is 0 Å². The third-order valence-corrected chi connectivity index (χ3v) is 3.21. The number of aliphatic carboxylic acids is 1. The van der Waals surface area contributed by atoms with Gasteiger partial charge in [0, 0.05) is 7.05 Å². The van der Waals surface area contributed by atoms with Gasteiger partial charge in [-0.2, -0.15) is 0 Å². The van der Waals surface area contributed by atoms with Gasteiger partial charge in [0.2, 0.25) is 0 Å². The number of carbonyl (C=O) groups excluding carboxylic acids is 1. The maximum Gasteiger partial charge on any atom is 0.332 e. The molecule has 2 rings (SSSR count). The van der Waals surface area contributed by atoms with Crippen LogP contribution in [0.1, 0.15) is 19.9 Å². The van der Waals surface area contributed by atoms with Crippen LogP contribution in [-0.2, 0) is 23.2 Å². The normalized spacial score (nSPS) is 12.5. The van der Waals surface area contributed by atoms with Gasteiger partial charge < -0.3 is 9.67 Å². The lowest BCUT2D eigenvalue weighted by Crippen LogP contribution is -2.41. The fraction of sp³-hybridized carbons (Fsp3) is 0.417. The van der Waals surface area contributed by atoms with E-state index in [0.717, 1.165) is 9.13 Å². The molecule has 0 aliphatic heterocycles. The van der Waals surface area contributed by atoms with E-state index >= 15 is 0 Å². The molecule has 0 fully saturated rings. The van der Waals surface area contributed by atoms with Gasteiger partial charge in [0.1, 0.15) is 11.8 Å². The van der Waals surface area contributed by atoms with E-state index in [1.54, 1.807) is 0 Å². The van der Waals surface area contributed by atoms with Crippen molar-refractivity contribution in [3.63, 3.8) is 0 Å². The standard InChI is InChI=1S/C12H14N4O5/c1-6(17)4-15-10(18)8-9(14(3)12(15)21)13-5-16(8)7(2)11(19)20/h5,7H,4H2,1-3H3,(H,19,20). The quantitative estimate of drug-likeness (QED) is 0.783. The minimum Gasteiger partial charge on any atom is -0.480 e. The van der Waals surface area contributed by atoms with E-state index in [2.05, 4.69) is 4.98 Å². The van der Waals surface area contributed by atoms with Gasteiger partial charge in [-0.05, 0) is 13.8 Å². The van der Waals surface area contributed by atoms with Crippen molar-refractivity contribution in [2.24, 2.45) is 7.05 Å². The third-order valence-electron chi connectivity index (χ3n) is 3.21. The zero-order valence-electron chi connectivity index (χ0n) is 11.7. The molecule has 112 valence electrons. The average Bonchev–Trinajstić information content (AvgIpc) is 2.84. The first-order valence-electron chi connectivity index (χ1n) is 6.14. The fourth-order valence-corrected chi connectivity index (χ4v) is 2.06. The zero-order chi connectivity index (χ0) is 15.9. The number of rotatable bonds is 4. The molecular weight excluding hydrogens is 280 g/mol. The average molecular weight is 294 g/mol. The van der Waals surface area contributed by atoms with Crippen LogP contribution in [-0.4, -0.2) is 35.5 Å². The topological polar surface area (TPSA) is 116 Å². The fourth-order valence-electron chi connectivity index (χ4n) is 2.06. The number of fused-ring (bicyclic) bond motifs is 1. The molecule has 0 amide bonds. The van der Waals surface area contributed by atoms with E-state index < -0.39 is 23.3 Å². The molecule has 0 saturated heterocycles. The molecular formula is C12H14N4O5. The molecule has 0 radical (unpaired) electrons. The van der Waals surface area contributed by atoms with Gasteiger partial charge in [-0.3, -0.25) is 18.7 Å². The second-order valence-corrected chi connectivity index (χ2v) is 4.77. The lowest BCUT2D eigenvalue weighted by Gasteiger charge is -2.11. The maximum absolute atomic E-state index is 12.4. The second-order valence-electron chi connectivity index (χ2n) is 4.77. The molecule has 2 aromatic heterocycles. The van der Waals surface area contributed by atoms with Crippen molar-refractivity contribution in [2.45, 2.75) is 26.4 Å². The Balaban J connectivity index is 2.88. The minimum absolute atomic E-state index is 0.0201. The van der Waals surface area contributed by atoms with E-state index in [9.17, 15) is 19.2 Å². The highest BCUT2D eigenvalue weighted by molar-refractivity contribution is 5.78. The minimum atomic E-state index is -1.14. The molecule has 21 heavy (non-hydrogen) atoms. The largest absolute Gasteiger partial charge is 0.480 e. The molecule has 1 unspecified atom stereocenters. The molecule has 0 spiro atoms. The molecule has 0 aliphatic carbocycles. The zero-order valence-corrected chi connectivity index (χ0v) is 11.7. The van der Waals surface area contributed by atoms with Crippen molar-refractivity contribution in [1.82, 2.24) is 18.7 Å². The Morgan fingerprint density at radius 2 is 2.00 bits per heavy atom. The number of Topliss-reactive ketones (excluding diaryl/α,β-unsaturated/α-hetero) is 1. The summed E-state index contributed by atoms with van der Waals surface area (Å²) in [6.07, 6.45) is 1.20. The Hall–Kier alpha value is -2.71. The Morgan fingerprint density at radius 1 is 1.38 bits per heavy atom.